The third-order valence-electron chi connectivity index (χ3n) is 4.29. The van der Waals surface area contributed by atoms with Gasteiger partial charge in [-0.1, -0.05) is 24.4 Å². The summed E-state index contributed by atoms with van der Waals surface area (Å²) >= 11 is 0. The minimum Gasteiger partial charge on any atom is -0.360 e. The van der Waals surface area contributed by atoms with Gasteiger partial charge in [-0.05, 0) is 26.7 Å². The van der Waals surface area contributed by atoms with Crippen molar-refractivity contribution in [3.63, 3.8) is 0 Å². The van der Waals surface area contributed by atoms with Gasteiger partial charge in [0.15, 0.2) is 5.76 Å². The van der Waals surface area contributed by atoms with Crippen LogP contribution in [0.5, 0.6) is 0 Å². The molecular weight excluding hydrogens is 332 g/mol. The highest BCUT2D eigenvalue weighted by molar-refractivity contribution is 7.89. The Bertz CT molecular complexity index is 646. The SMILES string of the molecule is Cc1noc(C)c1S(=O)(=O)N(C)CCNC(=O)NC1CCCCC1. The lowest BCUT2D eigenvalue weighted by molar-refractivity contribution is 0.232. The van der Waals surface area contributed by atoms with Gasteiger partial charge in [-0.3, -0.25) is 0 Å². The molecule has 1 saturated carbocycles. The van der Waals surface area contributed by atoms with Gasteiger partial charge in [-0.2, -0.15) is 4.31 Å². The fourth-order valence-corrected chi connectivity index (χ4v) is 4.38. The molecule has 1 fully saturated rings. The summed E-state index contributed by atoms with van der Waals surface area (Å²) in [7, 11) is -2.20. The molecule has 136 valence electrons. The molecule has 0 spiro atoms. The molecule has 2 rings (SSSR count). The minimum atomic E-state index is -3.68. The van der Waals surface area contributed by atoms with E-state index in [1.165, 1.54) is 17.8 Å². The van der Waals surface area contributed by atoms with E-state index in [9.17, 15) is 13.2 Å². The first kappa shape index (κ1) is 18.7. The fraction of sp³-hybridized carbons (Fsp3) is 0.733. The van der Waals surface area contributed by atoms with Crippen LogP contribution < -0.4 is 10.6 Å². The molecule has 1 aliphatic carbocycles. The van der Waals surface area contributed by atoms with E-state index in [0.29, 0.717) is 5.69 Å². The zero-order chi connectivity index (χ0) is 17.7. The van der Waals surface area contributed by atoms with Crippen molar-refractivity contribution >= 4 is 16.1 Å². The lowest BCUT2D eigenvalue weighted by Gasteiger charge is -2.23. The van der Waals surface area contributed by atoms with E-state index in [1.807, 2.05) is 0 Å². The fourth-order valence-electron chi connectivity index (χ4n) is 2.93. The lowest BCUT2D eigenvalue weighted by atomic mass is 9.96. The molecule has 2 N–H and O–H groups in total. The number of carbonyl (C=O) groups excluding carboxylic acids is 1. The quantitative estimate of drug-likeness (QED) is 0.803. The number of hydrogen-bond acceptors (Lipinski definition) is 5. The van der Waals surface area contributed by atoms with Crippen molar-refractivity contribution in [2.75, 3.05) is 20.1 Å². The average Bonchev–Trinajstić information content (AvgIpc) is 2.87. The van der Waals surface area contributed by atoms with Gasteiger partial charge in [0.05, 0.1) is 0 Å². The second-order valence-electron chi connectivity index (χ2n) is 6.22. The number of amides is 2. The molecule has 9 heteroatoms. The maximum Gasteiger partial charge on any atom is 0.315 e. The van der Waals surface area contributed by atoms with Crippen LogP contribution in [0, 0.1) is 13.8 Å². The van der Waals surface area contributed by atoms with Gasteiger partial charge in [0.1, 0.15) is 10.6 Å². The summed E-state index contributed by atoms with van der Waals surface area (Å²) in [5.41, 5.74) is 0.336. The van der Waals surface area contributed by atoms with E-state index in [4.69, 9.17) is 4.52 Å². The van der Waals surface area contributed by atoms with E-state index in [1.54, 1.807) is 13.8 Å². The number of carbonyl (C=O) groups is 1. The highest BCUT2D eigenvalue weighted by Gasteiger charge is 2.28. The predicted octanol–water partition coefficient (Wildman–Crippen LogP) is 1.54. The Morgan fingerprint density at radius 2 is 1.96 bits per heavy atom. The molecule has 2 amide bonds. The molecule has 1 heterocycles. The number of sulfonamides is 1. The third kappa shape index (κ3) is 4.47. The highest BCUT2D eigenvalue weighted by atomic mass is 32.2. The number of aryl methyl sites for hydroxylation is 2. The van der Waals surface area contributed by atoms with Crippen LogP contribution in [0.1, 0.15) is 43.6 Å². The van der Waals surface area contributed by atoms with Crippen molar-refractivity contribution in [2.45, 2.75) is 56.9 Å². The van der Waals surface area contributed by atoms with Crippen molar-refractivity contribution in [3.05, 3.63) is 11.5 Å². The summed E-state index contributed by atoms with van der Waals surface area (Å²) in [6, 6.07) is -0.0208. The van der Waals surface area contributed by atoms with Crippen molar-refractivity contribution in [1.82, 2.24) is 20.1 Å². The second-order valence-corrected chi connectivity index (χ2v) is 8.20. The smallest absolute Gasteiger partial charge is 0.315 e. The van der Waals surface area contributed by atoms with Crippen molar-refractivity contribution < 1.29 is 17.7 Å². The van der Waals surface area contributed by atoms with Crippen LogP contribution in [0.25, 0.3) is 0 Å². The van der Waals surface area contributed by atoms with Gasteiger partial charge in [0, 0.05) is 26.2 Å². The molecule has 8 nitrogen and oxygen atoms in total. The summed E-state index contributed by atoms with van der Waals surface area (Å²) in [6.07, 6.45) is 5.53. The summed E-state index contributed by atoms with van der Waals surface area (Å²) in [5, 5.41) is 9.32. The normalized spacial score (nSPS) is 16.3. The van der Waals surface area contributed by atoms with Crippen LogP contribution in [0.15, 0.2) is 9.42 Å². The van der Waals surface area contributed by atoms with Gasteiger partial charge in [-0.15, -0.1) is 0 Å². The van der Waals surface area contributed by atoms with Gasteiger partial charge in [-0.25, -0.2) is 13.2 Å². The largest absolute Gasteiger partial charge is 0.360 e. The van der Waals surface area contributed by atoms with Gasteiger partial charge in [0.2, 0.25) is 10.0 Å². The Hall–Kier alpha value is -1.61. The molecule has 0 atom stereocenters. The zero-order valence-electron chi connectivity index (χ0n) is 14.5. The topological polar surface area (TPSA) is 105 Å². The van der Waals surface area contributed by atoms with Crippen LogP contribution in [0.2, 0.25) is 0 Å². The Balaban J connectivity index is 1.82. The van der Waals surface area contributed by atoms with Crippen molar-refractivity contribution in [1.29, 1.82) is 0 Å². The maximum absolute atomic E-state index is 12.5. The van der Waals surface area contributed by atoms with Crippen LogP contribution in [-0.2, 0) is 10.0 Å². The first-order valence-corrected chi connectivity index (χ1v) is 9.70. The van der Waals surface area contributed by atoms with Crippen molar-refractivity contribution in [2.24, 2.45) is 0 Å². The molecule has 1 aliphatic rings. The van der Waals surface area contributed by atoms with E-state index >= 15 is 0 Å². The number of nitrogens with zero attached hydrogens (tertiary/aromatic N) is 2. The van der Waals surface area contributed by atoms with Gasteiger partial charge >= 0.3 is 6.03 Å². The Morgan fingerprint density at radius 1 is 1.29 bits per heavy atom. The summed E-state index contributed by atoms with van der Waals surface area (Å²) in [6.45, 7) is 3.56. The number of likely N-dealkylation sites (N-methyl/N-ethyl adjacent to an activating group) is 1. The van der Waals surface area contributed by atoms with Crippen molar-refractivity contribution in [3.8, 4) is 0 Å². The Labute approximate surface area is 143 Å². The van der Waals surface area contributed by atoms with E-state index in [2.05, 4.69) is 15.8 Å². The zero-order valence-corrected chi connectivity index (χ0v) is 15.3. The third-order valence-corrected chi connectivity index (χ3v) is 6.39. The number of hydrogen-bond donors (Lipinski definition) is 2. The molecule has 0 saturated heterocycles. The maximum atomic E-state index is 12.5. The molecule has 0 bridgehead atoms. The van der Waals surface area contributed by atoms with E-state index in [0.717, 1.165) is 25.7 Å². The molecule has 24 heavy (non-hydrogen) atoms. The summed E-state index contributed by atoms with van der Waals surface area (Å²) < 4.78 is 31.2. The molecule has 1 aromatic heterocycles. The number of rotatable bonds is 6. The predicted molar refractivity (Wildman–Crippen MR) is 89.2 cm³/mol. The van der Waals surface area contributed by atoms with Crippen LogP contribution in [-0.4, -0.2) is 50.1 Å². The average molecular weight is 358 g/mol. The summed E-state index contributed by atoms with van der Waals surface area (Å²) in [4.78, 5) is 12.0. The van der Waals surface area contributed by atoms with Crippen LogP contribution >= 0.6 is 0 Å². The van der Waals surface area contributed by atoms with E-state index < -0.39 is 10.0 Å². The van der Waals surface area contributed by atoms with Gasteiger partial charge < -0.3 is 15.2 Å². The lowest BCUT2D eigenvalue weighted by Crippen LogP contribution is -2.45. The Kier molecular flexibility index (Phi) is 6.22. The number of urea groups is 1. The molecule has 0 radical (unpaired) electrons. The number of nitrogens with one attached hydrogen (secondary N) is 2. The first-order valence-electron chi connectivity index (χ1n) is 8.26. The highest BCUT2D eigenvalue weighted by Crippen LogP contribution is 2.22. The van der Waals surface area contributed by atoms with Gasteiger partial charge in [0.25, 0.3) is 0 Å². The standard InChI is InChI=1S/C15H26N4O4S/c1-11-14(12(2)23-18-11)24(21,22)19(3)10-9-16-15(20)17-13-7-5-4-6-8-13/h13H,4-10H2,1-3H3,(H2,16,17,20). The number of aromatic nitrogens is 1. The van der Waals surface area contributed by atoms with Crippen LogP contribution in [0.4, 0.5) is 4.79 Å². The molecule has 0 aliphatic heterocycles. The van der Waals surface area contributed by atoms with E-state index in [-0.39, 0.29) is 35.8 Å². The monoisotopic (exact) mass is 358 g/mol. The molecule has 0 aromatic carbocycles. The Morgan fingerprint density at radius 3 is 2.54 bits per heavy atom. The second kappa shape index (κ2) is 7.98. The minimum absolute atomic E-state index is 0.0941. The van der Waals surface area contributed by atoms with Crippen LogP contribution in [0.3, 0.4) is 0 Å². The molecular formula is C15H26N4O4S. The summed E-state index contributed by atoms with van der Waals surface area (Å²) in [5.74, 6) is 0.266. The molecule has 0 unspecified atom stereocenters. The first-order chi connectivity index (χ1) is 11.3. The molecule has 1 aromatic rings.